The molecule has 3 aromatic carbocycles. The van der Waals surface area contributed by atoms with Crippen molar-refractivity contribution >= 4 is 0 Å². The van der Waals surface area contributed by atoms with Gasteiger partial charge in [-0.15, -0.1) is 19.8 Å². The van der Waals surface area contributed by atoms with Gasteiger partial charge in [-0.25, -0.2) is 13.2 Å². The Bertz CT molecular complexity index is 1430. The van der Waals surface area contributed by atoms with E-state index >= 15 is 0 Å². The highest BCUT2D eigenvalue weighted by Crippen LogP contribution is 2.40. The predicted molar refractivity (Wildman–Crippen MR) is 132 cm³/mol. The molecule has 5 nitrogen and oxygen atoms in total. The van der Waals surface area contributed by atoms with E-state index in [-0.39, 0.29) is 30.8 Å². The molecule has 1 aliphatic rings. The lowest BCUT2D eigenvalue weighted by molar-refractivity contribution is -0.274. The van der Waals surface area contributed by atoms with E-state index in [0.29, 0.717) is 61.4 Å². The lowest BCUT2D eigenvalue weighted by atomic mass is 10.0. The Morgan fingerprint density at radius 2 is 1.23 bits per heavy atom. The smallest absolute Gasteiger partial charge is 0.429 e. The molecule has 3 aromatic rings. The van der Waals surface area contributed by atoms with Gasteiger partial charge in [0.15, 0.2) is 6.29 Å². The summed E-state index contributed by atoms with van der Waals surface area (Å²) >= 11 is 0. The fourth-order valence-corrected chi connectivity index (χ4v) is 4.17. The van der Waals surface area contributed by atoms with E-state index in [1.54, 1.807) is 6.08 Å². The molecule has 4 rings (SSSR count). The van der Waals surface area contributed by atoms with Crippen molar-refractivity contribution in [3.8, 4) is 17.2 Å². The highest BCUT2D eigenvalue weighted by Gasteiger charge is 2.43. The third-order valence-corrected chi connectivity index (χ3v) is 6.18. The zero-order chi connectivity index (χ0) is 32.3. The number of alkyl halides is 7. The van der Waals surface area contributed by atoms with Crippen molar-refractivity contribution in [2.75, 3.05) is 13.2 Å². The van der Waals surface area contributed by atoms with Crippen molar-refractivity contribution in [1.82, 2.24) is 0 Å². The Hall–Kier alpha value is -3.98. The molecule has 0 amide bonds. The lowest BCUT2D eigenvalue weighted by Crippen LogP contribution is -2.28. The summed E-state index contributed by atoms with van der Waals surface area (Å²) in [6.07, 6.45) is -12.3. The number of halogens is 10. The van der Waals surface area contributed by atoms with E-state index in [1.165, 1.54) is 0 Å². The normalized spacial score (nSPS) is 17.7. The van der Waals surface area contributed by atoms with Crippen molar-refractivity contribution < 1.29 is 67.6 Å². The van der Waals surface area contributed by atoms with Gasteiger partial charge in [-0.1, -0.05) is 6.08 Å². The topological polar surface area (TPSA) is 46.2 Å². The molecule has 0 spiro atoms. The average molecular weight is 640 g/mol. The van der Waals surface area contributed by atoms with Crippen molar-refractivity contribution in [1.29, 1.82) is 0 Å². The first-order chi connectivity index (χ1) is 20.6. The van der Waals surface area contributed by atoms with Crippen LogP contribution in [0.1, 0.15) is 35.8 Å². The Balaban J connectivity index is 1.45. The molecular formula is C29H22F10O5. The molecule has 44 heavy (non-hydrogen) atoms. The minimum Gasteiger partial charge on any atom is -0.429 e. The maximum absolute atomic E-state index is 14.8. The maximum atomic E-state index is 14.8. The SMILES string of the molecule is C=CCCC1COC(c2cc(F)c(C(F)(F)Oc3ccc(C(F)(F)Oc4ccc(OC(F)(F)F)cc4)c(F)c3)c(F)c2)OC1. The lowest BCUT2D eigenvalue weighted by Gasteiger charge is -2.30. The van der Waals surface area contributed by atoms with Gasteiger partial charge in [0.25, 0.3) is 0 Å². The number of hydrogen-bond donors (Lipinski definition) is 0. The fraction of sp³-hybridized carbons (Fsp3) is 0.310. The quantitative estimate of drug-likeness (QED) is 0.155. The Labute approximate surface area is 243 Å². The number of hydrogen-bond acceptors (Lipinski definition) is 5. The molecule has 1 aliphatic heterocycles. The van der Waals surface area contributed by atoms with Crippen molar-refractivity contribution in [2.45, 2.75) is 37.7 Å². The zero-order valence-corrected chi connectivity index (χ0v) is 22.3. The molecule has 238 valence electrons. The van der Waals surface area contributed by atoms with Crippen LogP contribution in [0.3, 0.4) is 0 Å². The standard InChI is InChI=1S/C29H22F10O5/c1-2-3-4-16-14-40-26(41-15-16)17-11-23(31)25(24(32)12-17)28(35,36)43-20-9-10-21(22(30)13-20)27(33,34)42-18-5-7-19(8-6-18)44-29(37,38)39/h2,5-13,16,26H,1,3-4,14-15H2. The molecule has 15 heteroatoms. The van der Waals surface area contributed by atoms with Gasteiger partial charge in [-0.3, -0.25) is 0 Å². The van der Waals surface area contributed by atoms with Crippen LogP contribution in [0, 0.1) is 23.4 Å². The summed E-state index contributed by atoms with van der Waals surface area (Å²) in [6.45, 7) is 3.99. The van der Waals surface area contributed by atoms with E-state index in [1.807, 2.05) is 0 Å². The summed E-state index contributed by atoms with van der Waals surface area (Å²) in [5.41, 5.74) is -3.52. The zero-order valence-electron chi connectivity index (χ0n) is 22.3. The second-order valence-corrected chi connectivity index (χ2v) is 9.49. The molecular weight excluding hydrogens is 618 g/mol. The van der Waals surface area contributed by atoms with E-state index in [0.717, 1.165) is 0 Å². The van der Waals surface area contributed by atoms with E-state index < -0.39 is 70.7 Å². The Morgan fingerprint density at radius 1 is 0.705 bits per heavy atom. The first-order valence-electron chi connectivity index (χ1n) is 12.7. The fourth-order valence-electron chi connectivity index (χ4n) is 4.17. The highest BCUT2D eigenvalue weighted by molar-refractivity contribution is 5.36. The third kappa shape index (κ3) is 8.14. The summed E-state index contributed by atoms with van der Waals surface area (Å²) in [5, 5.41) is 0. The number of rotatable bonds is 11. The minimum atomic E-state index is -5.04. The van der Waals surface area contributed by atoms with Crippen molar-refractivity contribution in [3.63, 3.8) is 0 Å². The van der Waals surface area contributed by atoms with Crippen molar-refractivity contribution in [2.24, 2.45) is 5.92 Å². The first-order valence-corrected chi connectivity index (χ1v) is 12.7. The van der Waals surface area contributed by atoms with Gasteiger partial charge in [-0.05, 0) is 61.4 Å². The highest BCUT2D eigenvalue weighted by atomic mass is 19.4. The van der Waals surface area contributed by atoms with Gasteiger partial charge >= 0.3 is 18.6 Å². The molecule has 0 radical (unpaired) electrons. The second-order valence-electron chi connectivity index (χ2n) is 9.49. The number of benzene rings is 3. The second kappa shape index (κ2) is 12.9. The molecule has 0 unspecified atom stereocenters. The maximum Gasteiger partial charge on any atom is 0.573 e. The molecule has 1 fully saturated rings. The van der Waals surface area contributed by atoms with Crippen LogP contribution in [0.25, 0.3) is 0 Å². The van der Waals surface area contributed by atoms with Gasteiger partial charge in [0, 0.05) is 17.5 Å². The van der Waals surface area contributed by atoms with Gasteiger partial charge in [0.2, 0.25) is 0 Å². The summed E-state index contributed by atoms with van der Waals surface area (Å²) in [4.78, 5) is 0. The van der Waals surface area contributed by atoms with Gasteiger partial charge in [0.05, 0.1) is 13.2 Å². The van der Waals surface area contributed by atoms with Crippen LogP contribution < -0.4 is 14.2 Å². The van der Waals surface area contributed by atoms with Crippen LogP contribution in [0.2, 0.25) is 0 Å². The molecule has 1 heterocycles. The summed E-state index contributed by atoms with van der Waals surface area (Å²) in [6, 6.07) is 4.72. The van der Waals surface area contributed by atoms with Crippen LogP contribution in [0.15, 0.2) is 67.3 Å². The van der Waals surface area contributed by atoms with E-state index in [2.05, 4.69) is 20.8 Å². The van der Waals surface area contributed by atoms with Gasteiger partial charge in [0.1, 0.15) is 45.8 Å². The van der Waals surface area contributed by atoms with Gasteiger partial charge < -0.3 is 23.7 Å². The monoisotopic (exact) mass is 640 g/mol. The van der Waals surface area contributed by atoms with Crippen LogP contribution >= 0.6 is 0 Å². The summed E-state index contributed by atoms with van der Waals surface area (Å²) in [5.74, 6) is -7.80. The summed E-state index contributed by atoms with van der Waals surface area (Å²) < 4.78 is 163. The van der Waals surface area contributed by atoms with E-state index in [4.69, 9.17) is 9.47 Å². The van der Waals surface area contributed by atoms with Crippen LogP contribution in [-0.2, 0) is 21.7 Å². The van der Waals surface area contributed by atoms with E-state index in [9.17, 15) is 43.9 Å². The average Bonchev–Trinajstić information content (AvgIpc) is 2.91. The molecule has 1 saturated heterocycles. The predicted octanol–water partition coefficient (Wildman–Crippen LogP) is 8.89. The molecule has 0 atom stereocenters. The third-order valence-electron chi connectivity index (χ3n) is 6.18. The molecule has 0 aromatic heterocycles. The molecule has 0 N–H and O–H groups in total. The first kappa shape index (κ1) is 32.9. The van der Waals surface area contributed by atoms with Crippen LogP contribution in [0.5, 0.6) is 17.2 Å². The van der Waals surface area contributed by atoms with Gasteiger partial charge in [-0.2, -0.15) is 17.6 Å². The number of ether oxygens (including phenoxy) is 5. The Kier molecular flexibility index (Phi) is 9.68. The largest absolute Gasteiger partial charge is 0.573 e. The Morgan fingerprint density at radius 3 is 1.75 bits per heavy atom. The molecule has 0 saturated carbocycles. The minimum absolute atomic E-state index is 0.00235. The van der Waals surface area contributed by atoms with Crippen LogP contribution in [0.4, 0.5) is 43.9 Å². The van der Waals surface area contributed by atoms with Crippen LogP contribution in [-0.4, -0.2) is 19.6 Å². The molecule has 0 bridgehead atoms. The number of allylic oxidation sites excluding steroid dienone is 1. The summed E-state index contributed by atoms with van der Waals surface area (Å²) in [7, 11) is 0. The molecule has 0 aliphatic carbocycles. The van der Waals surface area contributed by atoms with Crippen molar-refractivity contribution in [3.05, 3.63) is 101 Å².